The van der Waals surface area contributed by atoms with Crippen LogP contribution in [0.3, 0.4) is 0 Å². The minimum atomic E-state index is -1.09. The molecule has 3 atom stereocenters. The highest BCUT2D eigenvalue weighted by atomic mass is 16.7. The van der Waals surface area contributed by atoms with Gasteiger partial charge in [-0.1, -0.05) is 32.9 Å². The normalized spacial score (nSPS) is 18.9. The Morgan fingerprint density at radius 3 is 2.60 bits per heavy atom. The summed E-state index contributed by atoms with van der Waals surface area (Å²) >= 11 is 0. The average Bonchev–Trinajstić information content (AvgIpc) is 3.50. The first-order valence-corrected chi connectivity index (χ1v) is 15.0. The molecule has 1 spiro atoms. The number of methoxy groups -OCH3 is 2. The molecule has 5 rings (SSSR count). The number of nitrogens with one attached hydrogen (secondary N) is 2. The third-order valence-electron chi connectivity index (χ3n) is 8.27. The molecule has 43 heavy (non-hydrogen) atoms. The number of hydrogen-bond donors (Lipinski definition) is 3. The number of aliphatic hydroxyl groups excluding tert-OH is 1. The Morgan fingerprint density at radius 1 is 1.16 bits per heavy atom. The van der Waals surface area contributed by atoms with E-state index in [1.165, 1.54) is 20.5 Å². The molecule has 3 heterocycles. The van der Waals surface area contributed by atoms with Crippen LogP contribution >= 0.6 is 0 Å². The van der Waals surface area contributed by atoms with Crippen LogP contribution in [0, 0.1) is 5.41 Å². The van der Waals surface area contributed by atoms with Crippen molar-refractivity contribution in [3.05, 3.63) is 65.7 Å². The fourth-order valence-corrected chi connectivity index (χ4v) is 6.05. The number of ether oxygens (including phenoxy) is 3. The molecule has 1 aliphatic heterocycles. The monoisotopic (exact) mass is 592 g/mol. The fraction of sp³-hybridized carbons (Fsp3) is 0.545. The third kappa shape index (κ3) is 7.62. The van der Waals surface area contributed by atoms with Crippen molar-refractivity contribution < 1.29 is 28.5 Å². The summed E-state index contributed by atoms with van der Waals surface area (Å²) in [5.74, 6) is 0.719. The predicted octanol–water partition coefficient (Wildman–Crippen LogP) is 4.37. The van der Waals surface area contributed by atoms with Gasteiger partial charge in [0.15, 0.2) is 0 Å². The Balaban J connectivity index is 1.35. The zero-order valence-electron chi connectivity index (χ0n) is 25.8. The lowest BCUT2D eigenvalue weighted by Crippen LogP contribution is -2.53. The van der Waals surface area contributed by atoms with Crippen molar-refractivity contribution in [3.63, 3.8) is 0 Å². The van der Waals surface area contributed by atoms with Gasteiger partial charge in [0.2, 0.25) is 18.1 Å². The van der Waals surface area contributed by atoms with Gasteiger partial charge in [-0.05, 0) is 66.8 Å². The molecule has 10 nitrogen and oxygen atoms in total. The summed E-state index contributed by atoms with van der Waals surface area (Å²) in [6.07, 6.45) is 8.23. The molecule has 2 aromatic heterocycles. The molecule has 2 aliphatic rings. The van der Waals surface area contributed by atoms with Gasteiger partial charge in [-0.25, -0.2) is 9.97 Å². The summed E-state index contributed by atoms with van der Waals surface area (Å²) in [5.41, 5.74) is 3.81. The second kappa shape index (κ2) is 13.1. The average molecular weight is 593 g/mol. The number of aromatic nitrogens is 2. The molecule has 1 aromatic carbocycles. The first kappa shape index (κ1) is 31.1. The third-order valence-corrected chi connectivity index (χ3v) is 8.27. The first-order valence-electron chi connectivity index (χ1n) is 15.0. The van der Waals surface area contributed by atoms with Crippen molar-refractivity contribution in [2.75, 3.05) is 20.8 Å². The van der Waals surface area contributed by atoms with E-state index in [9.17, 15) is 9.90 Å². The molecule has 1 amide bonds. The highest BCUT2D eigenvalue weighted by Gasteiger charge is 2.46. The van der Waals surface area contributed by atoms with Crippen molar-refractivity contribution in [2.45, 2.75) is 89.4 Å². The predicted molar refractivity (Wildman–Crippen MR) is 161 cm³/mol. The van der Waals surface area contributed by atoms with Crippen LogP contribution in [-0.2, 0) is 27.1 Å². The molecule has 3 N–H and O–H groups in total. The van der Waals surface area contributed by atoms with Crippen LogP contribution in [0.4, 0.5) is 0 Å². The largest absolute Gasteiger partial charge is 0.471 e. The van der Waals surface area contributed by atoms with Gasteiger partial charge in [-0.15, -0.1) is 0 Å². The second-order valence-corrected chi connectivity index (χ2v) is 13.0. The number of rotatable bonds is 12. The number of pyridine rings is 1. The standard InChI is InChI=1S/C33H44N4O6/c1-32(2,3)17-22-15-24-26(18-33(10-7-11-33)43-30(24)36-19-22)35-20-27(38)25(37-28(39)31(40-4)41-5)16-21-8-6-9-23(14-21)29-34-12-13-42-29/h6,8-9,12-15,19,25-27,31,35,38H,7,10-11,16-18,20H2,1-5H3,(H,37,39)/t25-,26-,27-/m0/s1. The molecule has 0 saturated heterocycles. The molecule has 3 aromatic rings. The molecule has 1 aliphatic carbocycles. The van der Waals surface area contributed by atoms with Crippen molar-refractivity contribution in [3.8, 4) is 17.3 Å². The SMILES string of the molecule is COC(OC)C(=O)N[C@@H](Cc1cccc(-c2ncco2)c1)[C@@H](O)CN[C@H]1CC2(CCC2)Oc2ncc(CC(C)(C)C)cc21. The minimum Gasteiger partial charge on any atom is -0.471 e. The van der Waals surface area contributed by atoms with Crippen LogP contribution < -0.4 is 15.4 Å². The van der Waals surface area contributed by atoms with Crippen LogP contribution in [0.1, 0.15) is 69.2 Å². The number of oxazole rings is 1. The smallest absolute Gasteiger partial charge is 0.277 e. The maximum absolute atomic E-state index is 13.0. The van der Waals surface area contributed by atoms with E-state index < -0.39 is 24.3 Å². The Hall–Kier alpha value is -3.31. The molecule has 0 bridgehead atoms. The highest BCUT2D eigenvalue weighted by Crippen LogP contribution is 2.48. The van der Waals surface area contributed by atoms with E-state index in [0.717, 1.165) is 54.4 Å². The van der Waals surface area contributed by atoms with Crippen LogP contribution in [0.25, 0.3) is 11.5 Å². The fourth-order valence-electron chi connectivity index (χ4n) is 6.05. The number of nitrogens with zero attached hydrogens (tertiary/aromatic N) is 2. The lowest BCUT2D eigenvalue weighted by Gasteiger charge is -2.47. The first-order chi connectivity index (χ1) is 20.6. The summed E-state index contributed by atoms with van der Waals surface area (Å²) < 4.78 is 22.2. The Kier molecular flexibility index (Phi) is 9.51. The van der Waals surface area contributed by atoms with Gasteiger partial charge in [-0.3, -0.25) is 4.79 Å². The number of carbonyl (C=O) groups excluding carboxylic acids is 1. The molecule has 1 fully saturated rings. The number of fused-ring (bicyclic) bond motifs is 1. The number of hydrogen-bond acceptors (Lipinski definition) is 9. The Labute approximate surface area is 253 Å². The summed E-state index contributed by atoms with van der Waals surface area (Å²) in [6.45, 7) is 6.89. The molecule has 10 heteroatoms. The van der Waals surface area contributed by atoms with Crippen molar-refractivity contribution in [1.29, 1.82) is 0 Å². The molecular weight excluding hydrogens is 548 g/mol. The van der Waals surface area contributed by atoms with Crippen molar-refractivity contribution in [2.24, 2.45) is 5.41 Å². The Morgan fingerprint density at radius 2 is 1.95 bits per heavy atom. The maximum Gasteiger partial charge on any atom is 0.277 e. The number of amides is 1. The number of carbonyl (C=O) groups is 1. The van der Waals surface area contributed by atoms with Crippen LogP contribution in [0.5, 0.6) is 5.88 Å². The van der Waals surface area contributed by atoms with Crippen LogP contribution in [0.2, 0.25) is 0 Å². The van der Waals surface area contributed by atoms with Gasteiger partial charge in [0, 0.05) is 50.6 Å². The molecule has 0 unspecified atom stereocenters. The van der Waals surface area contributed by atoms with Gasteiger partial charge in [-0.2, -0.15) is 0 Å². The highest BCUT2D eigenvalue weighted by molar-refractivity contribution is 5.79. The van der Waals surface area contributed by atoms with E-state index in [1.54, 1.807) is 6.20 Å². The van der Waals surface area contributed by atoms with Gasteiger partial charge >= 0.3 is 0 Å². The zero-order valence-corrected chi connectivity index (χ0v) is 25.8. The zero-order chi connectivity index (χ0) is 30.6. The van der Waals surface area contributed by atoms with E-state index in [-0.39, 0.29) is 23.6 Å². The van der Waals surface area contributed by atoms with E-state index >= 15 is 0 Å². The van der Waals surface area contributed by atoms with Crippen LogP contribution in [0.15, 0.2) is 53.4 Å². The lowest BCUT2D eigenvalue weighted by atomic mass is 9.73. The van der Waals surface area contributed by atoms with Gasteiger partial charge in [0.05, 0.1) is 18.3 Å². The molecule has 232 valence electrons. The van der Waals surface area contributed by atoms with E-state index in [4.69, 9.17) is 23.6 Å². The molecule has 0 radical (unpaired) electrons. The molecule has 1 saturated carbocycles. The van der Waals surface area contributed by atoms with E-state index in [1.807, 2.05) is 30.5 Å². The minimum absolute atomic E-state index is 0.0403. The maximum atomic E-state index is 13.0. The number of aliphatic hydroxyl groups is 1. The van der Waals surface area contributed by atoms with Gasteiger partial charge in [0.25, 0.3) is 5.91 Å². The topological polar surface area (TPSA) is 128 Å². The van der Waals surface area contributed by atoms with Gasteiger partial charge in [0.1, 0.15) is 11.9 Å². The van der Waals surface area contributed by atoms with Crippen molar-refractivity contribution in [1.82, 2.24) is 20.6 Å². The van der Waals surface area contributed by atoms with Crippen LogP contribution in [-0.4, -0.2) is 65.8 Å². The summed E-state index contributed by atoms with van der Waals surface area (Å²) in [6, 6.07) is 9.24. The van der Waals surface area contributed by atoms with E-state index in [0.29, 0.717) is 18.2 Å². The number of benzene rings is 1. The van der Waals surface area contributed by atoms with E-state index in [2.05, 4.69) is 42.5 Å². The van der Waals surface area contributed by atoms with Gasteiger partial charge < -0.3 is 34.4 Å². The van der Waals surface area contributed by atoms with Crippen molar-refractivity contribution >= 4 is 5.91 Å². The second-order valence-electron chi connectivity index (χ2n) is 13.0. The quantitative estimate of drug-likeness (QED) is 0.263. The summed E-state index contributed by atoms with van der Waals surface area (Å²) in [5, 5.41) is 18.1. The lowest BCUT2D eigenvalue weighted by molar-refractivity contribution is -0.160. The summed E-state index contributed by atoms with van der Waals surface area (Å²) in [4.78, 5) is 21.9. The Bertz CT molecular complexity index is 1360. The summed E-state index contributed by atoms with van der Waals surface area (Å²) in [7, 11) is 2.81. The molecular formula is C33H44N4O6.